The Bertz CT molecular complexity index is 477. The van der Waals surface area contributed by atoms with Crippen molar-refractivity contribution in [2.24, 2.45) is 17.8 Å². The minimum absolute atomic E-state index is 0.117. The topological polar surface area (TPSA) is 29.5 Å². The van der Waals surface area contributed by atoms with Crippen molar-refractivity contribution >= 4 is 0 Å². The van der Waals surface area contributed by atoms with Crippen molar-refractivity contribution in [3.8, 4) is 0 Å². The zero-order valence-corrected chi connectivity index (χ0v) is 13.0. The van der Waals surface area contributed by atoms with Gasteiger partial charge in [0.05, 0.1) is 17.8 Å². The lowest BCUT2D eigenvalue weighted by atomic mass is 9.63. The summed E-state index contributed by atoms with van der Waals surface area (Å²) in [5, 5.41) is 10.4. The molecule has 1 heterocycles. The second-order valence-electron chi connectivity index (χ2n) is 7.31. The largest absolute Gasteiger partial charge is 0.393 e. The van der Waals surface area contributed by atoms with E-state index in [-0.39, 0.29) is 17.8 Å². The maximum Gasteiger partial charge on any atom is 0.0864 e. The lowest BCUT2D eigenvalue weighted by Crippen LogP contribution is -2.52. The number of aliphatic hydroxyl groups is 1. The van der Waals surface area contributed by atoms with E-state index in [0.717, 1.165) is 6.42 Å². The summed E-state index contributed by atoms with van der Waals surface area (Å²) in [6.07, 6.45) is 1.98. The van der Waals surface area contributed by atoms with E-state index in [2.05, 4.69) is 52.0 Å². The summed E-state index contributed by atoms with van der Waals surface area (Å²) in [7, 11) is 0. The van der Waals surface area contributed by atoms with Crippen molar-refractivity contribution in [2.45, 2.75) is 58.3 Å². The molecule has 1 saturated heterocycles. The normalized spacial score (nSPS) is 39.5. The maximum atomic E-state index is 10.4. The molecule has 0 radical (unpaired) electrons. The first-order chi connectivity index (χ1) is 9.38. The quantitative estimate of drug-likeness (QED) is 0.842. The van der Waals surface area contributed by atoms with Gasteiger partial charge in [-0.15, -0.1) is 0 Å². The summed E-state index contributed by atoms with van der Waals surface area (Å²) in [6, 6.07) is 8.68. The van der Waals surface area contributed by atoms with Gasteiger partial charge in [0.25, 0.3) is 0 Å². The van der Waals surface area contributed by atoms with Gasteiger partial charge in [-0.3, -0.25) is 0 Å². The van der Waals surface area contributed by atoms with Gasteiger partial charge in [0.2, 0.25) is 0 Å². The number of fused-ring (bicyclic) bond motifs is 2. The first kappa shape index (κ1) is 14.1. The number of aryl methyl sites for hydroxylation is 1. The molecule has 2 fully saturated rings. The zero-order chi connectivity index (χ0) is 14.5. The van der Waals surface area contributed by atoms with Crippen molar-refractivity contribution in [1.29, 1.82) is 0 Å². The Kier molecular flexibility index (Phi) is 3.42. The molecule has 110 valence electrons. The fourth-order valence-electron chi connectivity index (χ4n) is 3.98. The van der Waals surface area contributed by atoms with E-state index in [9.17, 15) is 5.11 Å². The number of hydrogen-bond acceptors (Lipinski definition) is 2. The third-order valence-electron chi connectivity index (χ3n) is 5.57. The zero-order valence-electron chi connectivity index (χ0n) is 13.0. The van der Waals surface area contributed by atoms with Crippen LogP contribution in [-0.2, 0) is 4.74 Å². The standard InChI is InChI=1S/C18H26O2/c1-11-5-7-13(8-6-11)17-15-9-14(18(3,4)20-17)10-16(19)12(15)2/h5-8,12,14-17,19H,9-10H2,1-4H3/t12-,14-,15-,16-,17-/m0/s1. The summed E-state index contributed by atoms with van der Waals surface area (Å²) in [6.45, 7) is 8.64. The molecule has 2 aliphatic rings. The van der Waals surface area contributed by atoms with Gasteiger partial charge in [-0.05, 0) is 56.9 Å². The highest BCUT2D eigenvalue weighted by Crippen LogP contribution is 2.52. The highest BCUT2D eigenvalue weighted by atomic mass is 16.5. The molecule has 5 atom stereocenters. The Labute approximate surface area is 122 Å². The van der Waals surface area contributed by atoms with Gasteiger partial charge in [0.1, 0.15) is 0 Å². The van der Waals surface area contributed by atoms with Gasteiger partial charge in [-0.1, -0.05) is 36.8 Å². The van der Waals surface area contributed by atoms with Crippen LogP contribution in [0.25, 0.3) is 0 Å². The van der Waals surface area contributed by atoms with Crippen molar-refractivity contribution in [3.05, 3.63) is 35.4 Å². The first-order valence-corrected chi connectivity index (χ1v) is 7.81. The van der Waals surface area contributed by atoms with Crippen molar-refractivity contribution in [3.63, 3.8) is 0 Å². The molecular weight excluding hydrogens is 248 g/mol. The number of ether oxygens (including phenoxy) is 1. The fourth-order valence-corrected chi connectivity index (χ4v) is 3.98. The van der Waals surface area contributed by atoms with Crippen LogP contribution in [0.3, 0.4) is 0 Å². The third kappa shape index (κ3) is 2.29. The minimum atomic E-state index is -0.185. The highest BCUT2D eigenvalue weighted by molar-refractivity contribution is 5.25. The molecular formula is C18H26O2. The lowest BCUT2D eigenvalue weighted by molar-refractivity contribution is -0.215. The lowest BCUT2D eigenvalue weighted by Gasteiger charge is -2.53. The Hall–Kier alpha value is -0.860. The van der Waals surface area contributed by atoms with Crippen LogP contribution in [0.5, 0.6) is 0 Å². The molecule has 1 aromatic rings. The molecule has 0 amide bonds. The molecule has 1 saturated carbocycles. The average Bonchev–Trinajstić information content (AvgIpc) is 2.39. The van der Waals surface area contributed by atoms with Crippen LogP contribution >= 0.6 is 0 Å². The van der Waals surface area contributed by atoms with Crippen molar-refractivity contribution in [2.75, 3.05) is 0 Å². The molecule has 2 bridgehead atoms. The second kappa shape index (κ2) is 4.85. The average molecular weight is 274 g/mol. The summed E-state index contributed by atoms with van der Waals surface area (Å²) in [4.78, 5) is 0. The molecule has 1 aromatic carbocycles. The SMILES string of the molecule is Cc1ccc([C@@H]2OC(C)(C)[C@H]3C[C@H]2[C@H](C)[C@@H](O)C3)cc1. The molecule has 1 N–H and O–H groups in total. The third-order valence-corrected chi connectivity index (χ3v) is 5.57. The molecule has 0 spiro atoms. The van der Waals surface area contributed by atoms with Crippen LogP contribution in [0.1, 0.15) is 50.8 Å². The van der Waals surface area contributed by atoms with E-state index in [4.69, 9.17) is 4.74 Å². The van der Waals surface area contributed by atoms with Crippen LogP contribution in [0.15, 0.2) is 24.3 Å². The Morgan fingerprint density at radius 1 is 1.15 bits per heavy atom. The predicted molar refractivity (Wildman–Crippen MR) is 80.5 cm³/mol. The summed E-state index contributed by atoms with van der Waals surface area (Å²) in [5.74, 6) is 1.22. The molecule has 2 heteroatoms. The number of aliphatic hydroxyl groups excluding tert-OH is 1. The molecule has 1 aliphatic heterocycles. The molecule has 0 aromatic heterocycles. The van der Waals surface area contributed by atoms with E-state index in [0.29, 0.717) is 17.8 Å². The van der Waals surface area contributed by atoms with Crippen LogP contribution < -0.4 is 0 Å². The van der Waals surface area contributed by atoms with Crippen molar-refractivity contribution < 1.29 is 9.84 Å². The van der Waals surface area contributed by atoms with E-state index in [1.807, 2.05) is 0 Å². The summed E-state index contributed by atoms with van der Waals surface area (Å²) >= 11 is 0. The summed E-state index contributed by atoms with van der Waals surface area (Å²) < 4.78 is 6.47. The highest BCUT2D eigenvalue weighted by Gasteiger charge is 2.50. The van der Waals surface area contributed by atoms with Gasteiger partial charge in [0.15, 0.2) is 0 Å². The molecule has 2 nitrogen and oxygen atoms in total. The monoisotopic (exact) mass is 274 g/mol. The smallest absolute Gasteiger partial charge is 0.0864 e. The minimum Gasteiger partial charge on any atom is -0.393 e. The van der Waals surface area contributed by atoms with Gasteiger partial charge < -0.3 is 9.84 Å². The van der Waals surface area contributed by atoms with Crippen molar-refractivity contribution in [1.82, 2.24) is 0 Å². The van der Waals surface area contributed by atoms with Crippen LogP contribution in [0.4, 0.5) is 0 Å². The number of rotatable bonds is 1. The van der Waals surface area contributed by atoms with Crippen LogP contribution in [-0.4, -0.2) is 16.8 Å². The van der Waals surface area contributed by atoms with Gasteiger partial charge in [-0.25, -0.2) is 0 Å². The van der Waals surface area contributed by atoms with Crippen LogP contribution in [0, 0.1) is 24.7 Å². The van der Waals surface area contributed by atoms with Gasteiger partial charge in [0, 0.05) is 0 Å². The van der Waals surface area contributed by atoms with E-state index >= 15 is 0 Å². The predicted octanol–water partition coefficient (Wildman–Crippen LogP) is 3.87. The first-order valence-electron chi connectivity index (χ1n) is 7.81. The molecule has 3 rings (SSSR count). The molecule has 0 unspecified atom stereocenters. The fraction of sp³-hybridized carbons (Fsp3) is 0.667. The molecule has 1 aliphatic carbocycles. The Balaban J connectivity index is 1.95. The molecule has 20 heavy (non-hydrogen) atoms. The Morgan fingerprint density at radius 3 is 2.45 bits per heavy atom. The van der Waals surface area contributed by atoms with Crippen LogP contribution in [0.2, 0.25) is 0 Å². The van der Waals surface area contributed by atoms with Gasteiger partial charge in [-0.2, -0.15) is 0 Å². The van der Waals surface area contributed by atoms with Gasteiger partial charge >= 0.3 is 0 Å². The summed E-state index contributed by atoms with van der Waals surface area (Å²) in [5.41, 5.74) is 2.39. The van der Waals surface area contributed by atoms with E-state index < -0.39 is 0 Å². The Morgan fingerprint density at radius 2 is 1.80 bits per heavy atom. The maximum absolute atomic E-state index is 10.4. The number of hydrogen-bond donors (Lipinski definition) is 1. The van der Waals surface area contributed by atoms with E-state index in [1.54, 1.807) is 0 Å². The second-order valence-corrected chi connectivity index (χ2v) is 7.31. The van der Waals surface area contributed by atoms with E-state index in [1.165, 1.54) is 17.5 Å². The number of benzene rings is 1.